The summed E-state index contributed by atoms with van der Waals surface area (Å²) in [6, 6.07) is 0. The summed E-state index contributed by atoms with van der Waals surface area (Å²) >= 11 is 3.39. The number of hydrogen-bond donors (Lipinski definition) is 0. The van der Waals surface area contributed by atoms with Crippen LogP contribution in [0.3, 0.4) is 0 Å². The highest BCUT2D eigenvalue weighted by Gasteiger charge is 1.93. The summed E-state index contributed by atoms with van der Waals surface area (Å²) in [5, 5.41) is 1.04. The molecule has 0 rings (SSSR count). The molecule has 0 aliphatic carbocycles. The fourth-order valence-electron chi connectivity index (χ4n) is 1.51. The first-order valence-electron chi connectivity index (χ1n) is 8.15. The lowest BCUT2D eigenvalue weighted by atomic mass is 10.3. The third-order valence-corrected chi connectivity index (χ3v) is 3.27. The van der Waals surface area contributed by atoms with E-state index in [-0.39, 0.29) is 0 Å². The highest BCUT2D eigenvalue weighted by atomic mass is 79.9. The van der Waals surface area contributed by atoms with Gasteiger partial charge in [0.1, 0.15) is 0 Å². The van der Waals surface area contributed by atoms with Crippen LogP contribution >= 0.6 is 15.9 Å². The van der Waals surface area contributed by atoms with Crippen LogP contribution in [0.1, 0.15) is 19.8 Å². The van der Waals surface area contributed by atoms with Gasteiger partial charge in [-0.15, -0.1) is 0 Å². The summed E-state index contributed by atoms with van der Waals surface area (Å²) in [7, 11) is 0. The number of alkyl halides is 1. The molecule has 0 spiro atoms. The molecule has 0 aromatic carbocycles. The Hall–Kier alpha value is -0.460. The highest BCUT2D eigenvalue weighted by Crippen LogP contribution is 1.95. The molecule has 0 saturated carbocycles. The molecule has 0 aromatic rings. The van der Waals surface area contributed by atoms with Crippen molar-refractivity contribution in [3.8, 4) is 0 Å². The molecule has 0 radical (unpaired) electrons. The summed E-state index contributed by atoms with van der Waals surface area (Å²) in [6.07, 6.45) is 10.1. The summed E-state index contributed by atoms with van der Waals surface area (Å²) in [4.78, 5) is 0. The Bertz CT molecular complexity index is 316. The minimum Gasteiger partial charge on any atom is -0.379 e. The van der Waals surface area contributed by atoms with Crippen molar-refractivity contribution in [3.05, 3.63) is 36.5 Å². The molecule has 0 aliphatic rings. The predicted octanol–water partition coefficient (Wildman–Crippen LogP) is 3.92. The quantitative estimate of drug-likeness (QED) is 0.214. The Morgan fingerprint density at radius 1 is 0.826 bits per heavy atom. The lowest BCUT2D eigenvalue weighted by molar-refractivity contribution is 0.000317. The summed E-state index contributed by atoms with van der Waals surface area (Å²) < 4.78 is 21.7. The standard InChI is InChI=1S/C18H31BrO4/c1-3-4-5-8-18(2)17-23-16-15-22-14-13-21-12-11-20-10-7-6-9-19/h3-5,8H,2,6-7,9-17H2,1H3/b4-3-,8-5-. The Morgan fingerprint density at radius 3 is 1.96 bits per heavy atom. The number of hydrogen-bond acceptors (Lipinski definition) is 4. The van der Waals surface area contributed by atoms with E-state index in [1.165, 1.54) is 0 Å². The van der Waals surface area contributed by atoms with Gasteiger partial charge < -0.3 is 18.9 Å². The van der Waals surface area contributed by atoms with Crippen LogP contribution in [0.15, 0.2) is 36.5 Å². The number of unbranched alkanes of at least 4 members (excludes halogenated alkanes) is 1. The van der Waals surface area contributed by atoms with Gasteiger partial charge in [0.05, 0.1) is 46.2 Å². The second kappa shape index (κ2) is 19.6. The van der Waals surface area contributed by atoms with Gasteiger partial charge in [-0.05, 0) is 25.3 Å². The summed E-state index contributed by atoms with van der Waals surface area (Å²) in [5.41, 5.74) is 0.947. The molecular formula is C18H31BrO4. The van der Waals surface area contributed by atoms with E-state index in [0.717, 1.165) is 30.4 Å². The maximum absolute atomic E-state index is 5.45. The van der Waals surface area contributed by atoms with E-state index in [9.17, 15) is 0 Å². The summed E-state index contributed by atoms with van der Waals surface area (Å²) in [5.74, 6) is 0. The van der Waals surface area contributed by atoms with Gasteiger partial charge in [-0.25, -0.2) is 0 Å². The molecule has 0 bridgehead atoms. The topological polar surface area (TPSA) is 36.9 Å². The lowest BCUT2D eigenvalue weighted by Crippen LogP contribution is -2.12. The molecule has 0 amide bonds. The Balaban J connectivity index is 3.14. The van der Waals surface area contributed by atoms with Crippen molar-refractivity contribution >= 4 is 15.9 Å². The van der Waals surface area contributed by atoms with E-state index in [4.69, 9.17) is 18.9 Å². The average Bonchev–Trinajstić information content (AvgIpc) is 2.55. The molecule has 0 aliphatic heterocycles. The number of rotatable bonds is 17. The maximum atomic E-state index is 5.45. The zero-order valence-electron chi connectivity index (χ0n) is 14.3. The van der Waals surface area contributed by atoms with E-state index in [0.29, 0.717) is 46.2 Å². The zero-order chi connectivity index (χ0) is 17.0. The third kappa shape index (κ3) is 19.5. The van der Waals surface area contributed by atoms with Crippen molar-refractivity contribution in [1.29, 1.82) is 0 Å². The van der Waals surface area contributed by atoms with Gasteiger partial charge in [0, 0.05) is 11.9 Å². The SMILES string of the molecule is C=C(/C=C\C=C/C)COCCOCCOCCOCCCCBr. The molecule has 0 saturated heterocycles. The first-order chi connectivity index (χ1) is 11.3. The van der Waals surface area contributed by atoms with Crippen molar-refractivity contribution in [2.24, 2.45) is 0 Å². The van der Waals surface area contributed by atoms with Crippen molar-refractivity contribution in [2.45, 2.75) is 19.8 Å². The molecule has 23 heavy (non-hydrogen) atoms. The fraction of sp³-hybridized carbons (Fsp3) is 0.667. The van der Waals surface area contributed by atoms with Crippen LogP contribution in [0, 0.1) is 0 Å². The minimum absolute atomic E-state index is 0.528. The van der Waals surface area contributed by atoms with E-state index in [2.05, 4.69) is 22.5 Å². The van der Waals surface area contributed by atoms with E-state index in [1.54, 1.807) is 0 Å². The molecule has 0 aromatic heterocycles. The lowest BCUT2D eigenvalue weighted by Gasteiger charge is -2.07. The predicted molar refractivity (Wildman–Crippen MR) is 99.4 cm³/mol. The zero-order valence-corrected chi connectivity index (χ0v) is 15.9. The first kappa shape index (κ1) is 22.5. The molecule has 0 atom stereocenters. The minimum atomic E-state index is 0.528. The second-order valence-corrected chi connectivity index (χ2v) is 5.62. The Kier molecular flexibility index (Phi) is 19.2. The van der Waals surface area contributed by atoms with Gasteiger partial charge in [-0.2, -0.15) is 0 Å². The van der Waals surface area contributed by atoms with Crippen LogP contribution in [0.5, 0.6) is 0 Å². The van der Waals surface area contributed by atoms with Crippen LogP contribution in [0.25, 0.3) is 0 Å². The molecular weight excluding hydrogens is 360 g/mol. The number of ether oxygens (including phenoxy) is 4. The normalized spacial score (nSPS) is 11.7. The molecule has 4 nitrogen and oxygen atoms in total. The average molecular weight is 391 g/mol. The van der Waals surface area contributed by atoms with Crippen LogP contribution in [-0.4, -0.2) is 58.2 Å². The molecule has 134 valence electrons. The van der Waals surface area contributed by atoms with Crippen molar-refractivity contribution in [2.75, 3.05) is 58.2 Å². The maximum Gasteiger partial charge on any atom is 0.0712 e. The fourth-order valence-corrected chi connectivity index (χ4v) is 1.91. The second-order valence-electron chi connectivity index (χ2n) is 4.83. The monoisotopic (exact) mass is 390 g/mol. The van der Waals surface area contributed by atoms with Crippen LogP contribution in [0.2, 0.25) is 0 Å². The van der Waals surface area contributed by atoms with E-state index < -0.39 is 0 Å². The van der Waals surface area contributed by atoms with Crippen LogP contribution < -0.4 is 0 Å². The molecule has 0 heterocycles. The van der Waals surface area contributed by atoms with Gasteiger partial charge in [0.25, 0.3) is 0 Å². The molecule has 0 fully saturated rings. The largest absolute Gasteiger partial charge is 0.379 e. The van der Waals surface area contributed by atoms with Crippen molar-refractivity contribution in [1.82, 2.24) is 0 Å². The van der Waals surface area contributed by atoms with Gasteiger partial charge in [0.2, 0.25) is 0 Å². The Morgan fingerprint density at radius 2 is 1.39 bits per heavy atom. The van der Waals surface area contributed by atoms with Gasteiger partial charge in [0.15, 0.2) is 0 Å². The van der Waals surface area contributed by atoms with Crippen molar-refractivity contribution in [3.63, 3.8) is 0 Å². The van der Waals surface area contributed by atoms with Gasteiger partial charge in [-0.1, -0.05) is 46.8 Å². The van der Waals surface area contributed by atoms with Crippen molar-refractivity contribution < 1.29 is 18.9 Å². The van der Waals surface area contributed by atoms with Crippen LogP contribution in [0.4, 0.5) is 0 Å². The number of halogens is 1. The van der Waals surface area contributed by atoms with Gasteiger partial charge >= 0.3 is 0 Å². The molecule has 0 unspecified atom stereocenters. The highest BCUT2D eigenvalue weighted by molar-refractivity contribution is 9.09. The van der Waals surface area contributed by atoms with E-state index >= 15 is 0 Å². The van der Waals surface area contributed by atoms with E-state index in [1.807, 2.05) is 31.2 Å². The number of allylic oxidation sites excluding steroid dienone is 3. The Labute approximate surface area is 149 Å². The molecule has 5 heteroatoms. The van der Waals surface area contributed by atoms with Gasteiger partial charge in [-0.3, -0.25) is 0 Å². The smallest absolute Gasteiger partial charge is 0.0712 e. The molecule has 0 N–H and O–H groups in total. The van der Waals surface area contributed by atoms with Crippen LogP contribution in [-0.2, 0) is 18.9 Å². The third-order valence-electron chi connectivity index (χ3n) is 2.71. The first-order valence-corrected chi connectivity index (χ1v) is 9.27. The summed E-state index contributed by atoms with van der Waals surface area (Å²) in [6.45, 7) is 10.8.